The van der Waals surface area contributed by atoms with Gasteiger partial charge in [0.15, 0.2) is 0 Å². The Kier molecular flexibility index (Phi) is 4.89. The van der Waals surface area contributed by atoms with E-state index in [0.29, 0.717) is 5.72 Å². The van der Waals surface area contributed by atoms with Crippen LogP contribution in [0.25, 0.3) is 32.9 Å². The van der Waals surface area contributed by atoms with E-state index in [9.17, 15) is 5.11 Å². The molecule has 4 rings (SSSR count). The second kappa shape index (κ2) is 7.25. The lowest BCUT2D eigenvalue weighted by molar-refractivity contribution is -0.0894. The molecule has 0 unspecified atom stereocenters. The van der Waals surface area contributed by atoms with E-state index in [0.717, 1.165) is 32.9 Å². The molecule has 29 heavy (non-hydrogen) atoms. The molecule has 0 atom stereocenters. The second-order valence-corrected chi connectivity index (χ2v) is 8.39. The van der Waals surface area contributed by atoms with Crippen LogP contribution in [0.1, 0.15) is 27.7 Å². The molecule has 1 heterocycles. The third-order valence-corrected chi connectivity index (χ3v) is 5.72. The molecule has 0 aliphatic rings. The fourth-order valence-electron chi connectivity index (χ4n) is 3.24. The fourth-order valence-corrected chi connectivity index (χ4v) is 3.24. The van der Waals surface area contributed by atoms with Gasteiger partial charge in [0.25, 0.3) is 0 Å². The van der Waals surface area contributed by atoms with Gasteiger partial charge in [0.05, 0.1) is 22.4 Å². The maximum atomic E-state index is 10.4. The van der Waals surface area contributed by atoms with Crippen molar-refractivity contribution in [3.8, 4) is 11.3 Å². The lowest BCUT2D eigenvalue weighted by atomic mass is 9.86. The molecule has 5 heteroatoms. The number of aliphatic hydroxyl groups is 1. The monoisotopic (exact) mass is 384 g/mol. The summed E-state index contributed by atoms with van der Waals surface area (Å²) in [4.78, 5) is 9.67. The summed E-state index contributed by atoms with van der Waals surface area (Å²) >= 11 is 0. The standard InChI is InChI=1S/C24H25BN2O2/c1-23(2,28)24(3,4)29-25-22-26-19-15-14-16-10-8-9-13-18(16)20(19)21(27-22)17-11-6-5-7-12-17/h5-15,25,28H,1-4H3. The minimum Gasteiger partial charge on any atom is -0.423 e. The van der Waals surface area contributed by atoms with E-state index in [4.69, 9.17) is 14.6 Å². The Morgan fingerprint density at radius 1 is 0.828 bits per heavy atom. The van der Waals surface area contributed by atoms with Crippen molar-refractivity contribution >= 4 is 34.9 Å². The topological polar surface area (TPSA) is 55.2 Å². The maximum absolute atomic E-state index is 10.4. The van der Waals surface area contributed by atoms with Gasteiger partial charge in [-0.25, -0.2) is 9.97 Å². The number of rotatable bonds is 5. The fraction of sp³-hybridized carbons (Fsp3) is 0.250. The summed E-state index contributed by atoms with van der Waals surface area (Å²) in [5.74, 6) is 0. The van der Waals surface area contributed by atoms with Crippen molar-refractivity contribution in [2.45, 2.75) is 38.9 Å². The van der Waals surface area contributed by atoms with Gasteiger partial charge in [-0.15, -0.1) is 0 Å². The van der Waals surface area contributed by atoms with E-state index >= 15 is 0 Å². The van der Waals surface area contributed by atoms with Crippen LogP contribution in [0.4, 0.5) is 0 Å². The zero-order valence-electron chi connectivity index (χ0n) is 17.3. The summed E-state index contributed by atoms with van der Waals surface area (Å²) in [5, 5.41) is 13.7. The predicted molar refractivity (Wildman–Crippen MR) is 121 cm³/mol. The van der Waals surface area contributed by atoms with E-state index in [2.05, 4.69) is 30.3 Å². The van der Waals surface area contributed by atoms with Gasteiger partial charge in [-0.3, -0.25) is 0 Å². The van der Waals surface area contributed by atoms with E-state index in [-0.39, 0.29) is 7.48 Å². The number of hydrogen-bond acceptors (Lipinski definition) is 4. The van der Waals surface area contributed by atoms with Gasteiger partial charge in [-0.1, -0.05) is 60.7 Å². The zero-order valence-corrected chi connectivity index (χ0v) is 17.3. The van der Waals surface area contributed by atoms with Crippen molar-refractivity contribution in [2.24, 2.45) is 0 Å². The number of nitrogens with zero attached hydrogens (tertiary/aromatic N) is 2. The summed E-state index contributed by atoms with van der Waals surface area (Å²) < 4.78 is 6.03. The zero-order chi connectivity index (χ0) is 20.6. The molecular formula is C24H25BN2O2. The molecule has 0 aliphatic carbocycles. The Labute approximate surface area is 171 Å². The van der Waals surface area contributed by atoms with Crippen molar-refractivity contribution in [2.75, 3.05) is 0 Å². The van der Waals surface area contributed by atoms with Gasteiger partial charge in [0.1, 0.15) is 5.72 Å². The largest absolute Gasteiger partial charge is 0.423 e. The lowest BCUT2D eigenvalue weighted by Crippen LogP contribution is -2.49. The smallest absolute Gasteiger partial charge is 0.353 e. The average Bonchev–Trinajstić information content (AvgIpc) is 2.71. The highest BCUT2D eigenvalue weighted by Crippen LogP contribution is 2.31. The molecule has 0 spiro atoms. The molecule has 4 aromatic rings. The summed E-state index contributed by atoms with van der Waals surface area (Å²) in [6.07, 6.45) is 0. The van der Waals surface area contributed by atoms with Crippen LogP contribution in [0.3, 0.4) is 0 Å². The molecule has 0 saturated carbocycles. The number of benzene rings is 3. The van der Waals surface area contributed by atoms with Crippen LogP contribution in [0.15, 0.2) is 66.7 Å². The van der Waals surface area contributed by atoms with Gasteiger partial charge in [0.2, 0.25) is 0 Å². The van der Waals surface area contributed by atoms with Crippen LogP contribution in [0.5, 0.6) is 0 Å². The molecule has 1 N–H and O–H groups in total. The predicted octanol–water partition coefficient (Wildman–Crippen LogP) is 3.99. The number of hydrogen-bond donors (Lipinski definition) is 1. The molecule has 0 amide bonds. The van der Waals surface area contributed by atoms with Crippen LogP contribution < -0.4 is 5.72 Å². The number of aromatic nitrogens is 2. The SMILES string of the molecule is CC(C)(O)C(C)(C)OBc1nc(-c2ccccc2)c2c(ccc3ccccc32)n1. The highest BCUT2D eigenvalue weighted by Gasteiger charge is 2.36. The average molecular weight is 384 g/mol. The van der Waals surface area contributed by atoms with Crippen molar-refractivity contribution in [1.29, 1.82) is 0 Å². The van der Waals surface area contributed by atoms with Crippen LogP contribution in [-0.4, -0.2) is 33.8 Å². The van der Waals surface area contributed by atoms with Gasteiger partial charge < -0.3 is 9.76 Å². The van der Waals surface area contributed by atoms with Crippen molar-refractivity contribution < 1.29 is 9.76 Å². The van der Waals surface area contributed by atoms with Crippen molar-refractivity contribution in [3.05, 3.63) is 66.7 Å². The van der Waals surface area contributed by atoms with E-state index in [1.165, 1.54) is 0 Å². The van der Waals surface area contributed by atoms with E-state index in [1.54, 1.807) is 13.8 Å². The minimum absolute atomic E-state index is 0.222. The molecule has 3 aromatic carbocycles. The molecule has 0 fully saturated rings. The van der Waals surface area contributed by atoms with Gasteiger partial charge >= 0.3 is 7.48 Å². The first-order valence-electron chi connectivity index (χ1n) is 9.86. The molecular weight excluding hydrogens is 359 g/mol. The molecule has 0 saturated heterocycles. The summed E-state index contributed by atoms with van der Waals surface area (Å²) in [5.41, 5.74) is 1.71. The first kappa shape index (κ1) is 19.6. The minimum atomic E-state index is -0.984. The summed E-state index contributed by atoms with van der Waals surface area (Å²) in [6, 6.07) is 22.6. The highest BCUT2D eigenvalue weighted by molar-refractivity contribution is 6.45. The van der Waals surface area contributed by atoms with Gasteiger partial charge in [-0.05, 0) is 44.5 Å². The highest BCUT2D eigenvalue weighted by atomic mass is 16.5. The molecule has 0 radical (unpaired) electrons. The Morgan fingerprint density at radius 2 is 1.52 bits per heavy atom. The molecule has 0 bridgehead atoms. The molecule has 0 aliphatic heterocycles. The maximum Gasteiger partial charge on any atom is 0.353 e. The quantitative estimate of drug-likeness (QED) is 0.418. The van der Waals surface area contributed by atoms with Crippen LogP contribution >= 0.6 is 0 Å². The second-order valence-electron chi connectivity index (χ2n) is 8.39. The summed E-state index contributed by atoms with van der Waals surface area (Å²) in [6.45, 7) is 7.24. The van der Waals surface area contributed by atoms with E-state index < -0.39 is 11.2 Å². The molecule has 1 aromatic heterocycles. The van der Waals surface area contributed by atoms with Gasteiger partial charge in [-0.2, -0.15) is 0 Å². The Balaban J connectivity index is 1.87. The molecule has 4 nitrogen and oxygen atoms in total. The van der Waals surface area contributed by atoms with Gasteiger partial charge in [0, 0.05) is 10.9 Å². The van der Waals surface area contributed by atoms with Crippen molar-refractivity contribution in [1.82, 2.24) is 9.97 Å². The third kappa shape index (κ3) is 3.76. The third-order valence-electron chi connectivity index (χ3n) is 5.72. The summed E-state index contributed by atoms with van der Waals surface area (Å²) in [7, 11) is 0.222. The molecule has 146 valence electrons. The first-order chi connectivity index (χ1) is 13.8. The number of fused-ring (bicyclic) bond motifs is 3. The first-order valence-corrected chi connectivity index (χ1v) is 9.86. The van der Waals surface area contributed by atoms with E-state index in [1.807, 2.05) is 50.2 Å². The Bertz CT molecular complexity index is 1170. The van der Waals surface area contributed by atoms with Crippen LogP contribution in [0.2, 0.25) is 0 Å². The van der Waals surface area contributed by atoms with Crippen molar-refractivity contribution in [3.63, 3.8) is 0 Å². The normalized spacial score (nSPS) is 12.4. The van der Waals surface area contributed by atoms with Crippen LogP contribution in [0, 0.1) is 0 Å². The Morgan fingerprint density at radius 3 is 2.24 bits per heavy atom. The lowest BCUT2D eigenvalue weighted by Gasteiger charge is -2.37. The van der Waals surface area contributed by atoms with Crippen LogP contribution in [-0.2, 0) is 4.65 Å². The Hall–Kier alpha value is -2.76.